The Balaban J connectivity index is 1.76. The fourth-order valence-electron chi connectivity index (χ4n) is 3.76. The first-order valence-electron chi connectivity index (χ1n) is 11.3. The molecule has 192 valence electrons. The van der Waals surface area contributed by atoms with E-state index in [1.807, 2.05) is 20.8 Å². The number of rotatable bonds is 5. The molecule has 0 aliphatic rings. The van der Waals surface area contributed by atoms with Crippen molar-refractivity contribution in [2.24, 2.45) is 0 Å². The molecule has 4 aromatic rings. The van der Waals surface area contributed by atoms with Crippen LogP contribution in [0.15, 0.2) is 52.6 Å². The SMILES string of the molecule is Cc1cnc(-n2ccnc(C(C)(C)C)c2=O)cc1-n1c(C)cc(OCc2ncc(F)cc2F)c(Cl)c1=O. The topological polar surface area (TPSA) is 91.9 Å². The van der Waals surface area contributed by atoms with Gasteiger partial charge in [-0.1, -0.05) is 32.4 Å². The summed E-state index contributed by atoms with van der Waals surface area (Å²) in [6.45, 7) is 8.78. The molecule has 11 heteroatoms. The maximum atomic E-state index is 13.9. The molecular weight excluding hydrogens is 504 g/mol. The van der Waals surface area contributed by atoms with E-state index in [1.54, 1.807) is 26.1 Å². The van der Waals surface area contributed by atoms with Crippen LogP contribution in [0.2, 0.25) is 5.02 Å². The lowest BCUT2D eigenvalue weighted by molar-refractivity contribution is 0.292. The second-order valence-corrected chi connectivity index (χ2v) is 9.88. The second kappa shape index (κ2) is 9.85. The van der Waals surface area contributed by atoms with Crippen LogP contribution in [0.5, 0.6) is 5.75 Å². The van der Waals surface area contributed by atoms with Crippen molar-refractivity contribution in [3.63, 3.8) is 0 Å². The molecule has 0 atom stereocenters. The van der Waals surface area contributed by atoms with Gasteiger partial charge < -0.3 is 4.74 Å². The van der Waals surface area contributed by atoms with Crippen LogP contribution in [0, 0.1) is 25.5 Å². The van der Waals surface area contributed by atoms with Crippen LogP contribution in [0.4, 0.5) is 8.78 Å². The Morgan fingerprint density at radius 3 is 2.41 bits per heavy atom. The summed E-state index contributed by atoms with van der Waals surface area (Å²) in [5, 5.41) is -0.234. The van der Waals surface area contributed by atoms with Gasteiger partial charge in [0.25, 0.3) is 11.1 Å². The van der Waals surface area contributed by atoms with Crippen molar-refractivity contribution in [3.05, 3.63) is 103 Å². The van der Waals surface area contributed by atoms with E-state index in [0.29, 0.717) is 34.5 Å². The first-order valence-corrected chi connectivity index (χ1v) is 11.7. The number of aromatic nitrogens is 5. The molecule has 0 N–H and O–H groups in total. The minimum absolute atomic E-state index is 0.0260. The third-order valence-electron chi connectivity index (χ3n) is 5.65. The first kappa shape index (κ1) is 26.2. The second-order valence-electron chi connectivity index (χ2n) is 9.51. The van der Waals surface area contributed by atoms with Gasteiger partial charge in [-0.3, -0.25) is 28.7 Å². The molecule has 0 aromatic carbocycles. The van der Waals surface area contributed by atoms with E-state index in [-0.39, 0.29) is 28.6 Å². The van der Waals surface area contributed by atoms with Gasteiger partial charge in [0.1, 0.15) is 40.4 Å². The quantitative estimate of drug-likeness (QED) is 0.377. The normalized spacial score (nSPS) is 11.6. The Kier molecular flexibility index (Phi) is 6.96. The van der Waals surface area contributed by atoms with Gasteiger partial charge in [0.2, 0.25) is 0 Å². The maximum absolute atomic E-state index is 13.9. The molecule has 0 spiro atoms. The summed E-state index contributed by atoms with van der Waals surface area (Å²) in [6.07, 6.45) is 5.47. The number of pyridine rings is 3. The summed E-state index contributed by atoms with van der Waals surface area (Å²) < 4.78 is 35.3. The molecule has 0 saturated carbocycles. The summed E-state index contributed by atoms with van der Waals surface area (Å²) in [7, 11) is 0. The average molecular weight is 528 g/mol. The summed E-state index contributed by atoms with van der Waals surface area (Å²) >= 11 is 6.35. The summed E-state index contributed by atoms with van der Waals surface area (Å²) in [5.41, 5.74) is 0.468. The fraction of sp³-hybridized carbons (Fsp3) is 0.269. The number of nitrogens with zero attached hydrogens (tertiary/aromatic N) is 5. The zero-order valence-corrected chi connectivity index (χ0v) is 21.6. The number of ether oxygens (including phenoxy) is 1. The zero-order valence-electron chi connectivity index (χ0n) is 20.8. The number of hydrogen-bond acceptors (Lipinski definition) is 6. The van der Waals surface area contributed by atoms with Gasteiger partial charge >= 0.3 is 0 Å². The smallest absolute Gasteiger partial charge is 0.278 e. The first-order chi connectivity index (χ1) is 17.4. The molecule has 0 amide bonds. The molecule has 0 radical (unpaired) electrons. The molecule has 0 aliphatic heterocycles. The largest absolute Gasteiger partial charge is 0.485 e. The van der Waals surface area contributed by atoms with E-state index in [4.69, 9.17) is 16.3 Å². The van der Waals surface area contributed by atoms with Gasteiger partial charge in [-0.15, -0.1) is 0 Å². The predicted molar refractivity (Wildman–Crippen MR) is 135 cm³/mol. The van der Waals surface area contributed by atoms with Crippen LogP contribution in [0.3, 0.4) is 0 Å². The Bertz CT molecular complexity index is 1630. The Hall–Kier alpha value is -3.92. The number of hydrogen-bond donors (Lipinski definition) is 0. The summed E-state index contributed by atoms with van der Waals surface area (Å²) in [4.78, 5) is 38.7. The standard InChI is InChI=1S/C26H24ClF2N5O3/c1-14-11-32-21(33-7-6-30-23(25(33)36)26(3,4)5)10-19(14)34-15(2)8-20(22(27)24(34)35)37-13-18-17(29)9-16(28)12-31-18/h6-12H,13H2,1-5H3. The third-order valence-corrected chi connectivity index (χ3v) is 6.00. The van der Waals surface area contributed by atoms with Gasteiger partial charge in [-0.25, -0.2) is 13.8 Å². The maximum Gasteiger partial charge on any atom is 0.278 e. The highest BCUT2D eigenvalue weighted by molar-refractivity contribution is 6.31. The summed E-state index contributed by atoms with van der Waals surface area (Å²) in [6, 6.07) is 3.84. The van der Waals surface area contributed by atoms with E-state index in [9.17, 15) is 18.4 Å². The molecule has 37 heavy (non-hydrogen) atoms. The zero-order chi connectivity index (χ0) is 27.1. The highest BCUT2D eigenvalue weighted by atomic mass is 35.5. The molecule has 0 saturated heterocycles. The Morgan fingerprint density at radius 2 is 1.73 bits per heavy atom. The minimum atomic E-state index is -0.873. The number of aryl methyl sites for hydroxylation is 2. The van der Waals surface area contributed by atoms with E-state index in [1.165, 1.54) is 27.6 Å². The van der Waals surface area contributed by atoms with E-state index in [0.717, 1.165) is 6.20 Å². The molecule has 8 nitrogen and oxygen atoms in total. The Morgan fingerprint density at radius 1 is 1.00 bits per heavy atom. The number of halogens is 3. The van der Waals surface area contributed by atoms with Gasteiger partial charge in [0.15, 0.2) is 5.82 Å². The van der Waals surface area contributed by atoms with E-state index in [2.05, 4.69) is 15.0 Å². The highest BCUT2D eigenvalue weighted by Gasteiger charge is 2.22. The summed E-state index contributed by atoms with van der Waals surface area (Å²) in [5.74, 6) is -1.35. The van der Waals surface area contributed by atoms with Crippen molar-refractivity contribution in [1.82, 2.24) is 24.1 Å². The van der Waals surface area contributed by atoms with Crippen molar-refractivity contribution >= 4 is 11.6 Å². The lowest BCUT2D eigenvalue weighted by atomic mass is 9.92. The van der Waals surface area contributed by atoms with Crippen molar-refractivity contribution in [2.75, 3.05) is 0 Å². The third kappa shape index (κ3) is 5.15. The molecular formula is C26H24ClF2N5O3. The van der Waals surface area contributed by atoms with Gasteiger partial charge in [0, 0.05) is 47.9 Å². The van der Waals surface area contributed by atoms with Crippen molar-refractivity contribution in [1.29, 1.82) is 0 Å². The fourth-order valence-corrected chi connectivity index (χ4v) is 3.96. The molecule has 0 bridgehead atoms. The molecule has 4 aromatic heterocycles. The minimum Gasteiger partial charge on any atom is -0.485 e. The highest BCUT2D eigenvalue weighted by Crippen LogP contribution is 2.26. The van der Waals surface area contributed by atoms with Crippen molar-refractivity contribution < 1.29 is 13.5 Å². The van der Waals surface area contributed by atoms with Gasteiger partial charge in [-0.2, -0.15) is 0 Å². The van der Waals surface area contributed by atoms with E-state index < -0.39 is 22.6 Å². The average Bonchev–Trinajstić information content (AvgIpc) is 2.82. The monoisotopic (exact) mass is 527 g/mol. The van der Waals surface area contributed by atoms with E-state index >= 15 is 0 Å². The van der Waals surface area contributed by atoms with Gasteiger partial charge in [0.05, 0.1) is 11.9 Å². The molecule has 0 aliphatic carbocycles. The molecule has 4 rings (SSSR count). The lowest BCUT2D eigenvalue weighted by Crippen LogP contribution is -2.31. The van der Waals surface area contributed by atoms with Crippen LogP contribution in [-0.2, 0) is 12.0 Å². The Labute approximate surface area is 216 Å². The molecule has 0 fully saturated rings. The predicted octanol–water partition coefficient (Wildman–Crippen LogP) is 4.60. The van der Waals surface area contributed by atoms with Crippen LogP contribution in [-0.4, -0.2) is 24.1 Å². The van der Waals surface area contributed by atoms with Crippen LogP contribution < -0.4 is 15.9 Å². The van der Waals surface area contributed by atoms with Crippen LogP contribution >= 0.6 is 11.6 Å². The van der Waals surface area contributed by atoms with Gasteiger partial charge in [-0.05, 0) is 19.4 Å². The van der Waals surface area contributed by atoms with Crippen LogP contribution in [0.1, 0.15) is 43.4 Å². The lowest BCUT2D eigenvalue weighted by Gasteiger charge is -2.19. The molecule has 0 unspecified atom stereocenters. The molecule has 4 heterocycles. The van der Waals surface area contributed by atoms with Crippen molar-refractivity contribution in [3.8, 4) is 17.3 Å². The van der Waals surface area contributed by atoms with Crippen LogP contribution in [0.25, 0.3) is 11.5 Å². The van der Waals surface area contributed by atoms with Crippen molar-refractivity contribution in [2.45, 2.75) is 46.6 Å².